The van der Waals surface area contributed by atoms with Crippen LogP contribution in [0.15, 0.2) is 34.9 Å². The number of nitrogens with one attached hydrogen (secondary N) is 1. The molecular formula is C18H20FN3O2. The lowest BCUT2D eigenvalue weighted by Gasteiger charge is -2.48. The van der Waals surface area contributed by atoms with Gasteiger partial charge in [0.1, 0.15) is 5.82 Å². The van der Waals surface area contributed by atoms with Gasteiger partial charge >= 0.3 is 5.91 Å². The van der Waals surface area contributed by atoms with Crippen LogP contribution in [0, 0.1) is 11.7 Å². The lowest BCUT2D eigenvalue weighted by Crippen LogP contribution is -2.60. The highest BCUT2D eigenvalue weighted by Crippen LogP contribution is 2.32. The third kappa shape index (κ3) is 2.71. The van der Waals surface area contributed by atoms with E-state index in [1.807, 2.05) is 0 Å². The van der Waals surface area contributed by atoms with Gasteiger partial charge in [0.15, 0.2) is 5.76 Å². The molecule has 0 aliphatic carbocycles. The number of fused-ring (bicyclic) bond motifs is 3. The predicted molar refractivity (Wildman–Crippen MR) is 86.9 cm³/mol. The molecule has 1 aromatic carbocycles. The number of benzene rings is 1. The van der Waals surface area contributed by atoms with Crippen molar-refractivity contribution in [1.29, 1.82) is 0 Å². The number of hydrogen-bond acceptors (Lipinski definition) is 4. The summed E-state index contributed by atoms with van der Waals surface area (Å²) in [6, 6.07) is 7.00. The van der Waals surface area contributed by atoms with Crippen molar-refractivity contribution < 1.29 is 13.6 Å². The minimum absolute atomic E-state index is 0.0160. The van der Waals surface area contributed by atoms with Crippen LogP contribution < -0.4 is 5.32 Å². The Morgan fingerprint density at radius 2 is 2.25 bits per heavy atom. The number of nitrogens with zero attached hydrogens (tertiary/aromatic N) is 2. The number of halogens is 1. The van der Waals surface area contributed by atoms with Crippen molar-refractivity contribution in [2.75, 3.05) is 13.1 Å². The molecule has 0 spiro atoms. The summed E-state index contributed by atoms with van der Waals surface area (Å²) in [4.78, 5) is 18.8. The molecule has 6 heteroatoms. The lowest BCUT2D eigenvalue weighted by atomic mass is 9.80. The second-order valence-electron chi connectivity index (χ2n) is 6.72. The fourth-order valence-electron chi connectivity index (χ4n) is 3.85. The van der Waals surface area contributed by atoms with Crippen molar-refractivity contribution in [3.8, 4) is 11.3 Å². The minimum Gasteiger partial charge on any atom is -0.432 e. The molecule has 126 valence electrons. The Hall–Kier alpha value is -2.21. The van der Waals surface area contributed by atoms with Gasteiger partial charge in [0.2, 0.25) is 0 Å². The van der Waals surface area contributed by atoms with E-state index in [0.717, 1.165) is 25.9 Å². The Bertz CT molecular complexity index is 760. The second kappa shape index (κ2) is 6.02. The molecule has 1 aromatic heterocycles. The van der Waals surface area contributed by atoms with Crippen LogP contribution >= 0.6 is 0 Å². The molecule has 0 saturated carbocycles. The zero-order valence-corrected chi connectivity index (χ0v) is 13.5. The van der Waals surface area contributed by atoms with Crippen molar-refractivity contribution in [2.24, 2.45) is 5.92 Å². The summed E-state index contributed by atoms with van der Waals surface area (Å²) in [5, 5.41) is 3.04. The molecule has 3 aliphatic rings. The quantitative estimate of drug-likeness (QED) is 0.941. The zero-order valence-electron chi connectivity index (χ0n) is 13.5. The minimum atomic E-state index is -0.396. The standard InChI is InChI=1S/C18H20FN3O2/c1-11-8-12-6-7-22(11)10-15(12)21-17(23)18-20-9-16(24-18)13-4-2-3-5-14(13)19/h2-5,9,11-12,15H,6-8,10H2,1H3,(H,21,23)/t11?,12?,15-/m0/s1. The maximum Gasteiger partial charge on any atom is 0.307 e. The second-order valence-corrected chi connectivity index (χ2v) is 6.72. The van der Waals surface area contributed by atoms with Crippen LogP contribution in [0.5, 0.6) is 0 Å². The Morgan fingerprint density at radius 1 is 1.42 bits per heavy atom. The average Bonchev–Trinajstić information content (AvgIpc) is 3.06. The van der Waals surface area contributed by atoms with E-state index in [0.29, 0.717) is 17.5 Å². The third-order valence-corrected chi connectivity index (χ3v) is 5.21. The maximum atomic E-state index is 13.8. The summed E-state index contributed by atoms with van der Waals surface area (Å²) in [6.07, 6.45) is 3.62. The van der Waals surface area contributed by atoms with E-state index in [2.05, 4.69) is 22.1 Å². The van der Waals surface area contributed by atoms with Crippen LogP contribution in [0.3, 0.4) is 0 Å². The Kier molecular flexibility index (Phi) is 3.84. The molecule has 2 aromatic rings. The van der Waals surface area contributed by atoms with Gasteiger partial charge in [0, 0.05) is 18.6 Å². The van der Waals surface area contributed by atoms with Crippen LogP contribution in [0.4, 0.5) is 4.39 Å². The number of oxazole rings is 1. The van der Waals surface area contributed by atoms with Crippen molar-refractivity contribution in [3.05, 3.63) is 42.2 Å². The highest BCUT2D eigenvalue weighted by Gasteiger charge is 2.39. The number of piperidine rings is 3. The van der Waals surface area contributed by atoms with Gasteiger partial charge in [-0.3, -0.25) is 9.69 Å². The summed E-state index contributed by atoms with van der Waals surface area (Å²) in [6.45, 7) is 4.21. The Morgan fingerprint density at radius 3 is 2.96 bits per heavy atom. The lowest BCUT2D eigenvalue weighted by molar-refractivity contribution is 0.0267. The van der Waals surface area contributed by atoms with E-state index in [-0.39, 0.29) is 23.6 Å². The van der Waals surface area contributed by atoms with Crippen molar-refractivity contribution in [3.63, 3.8) is 0 Å². The monoisotopic (exact) mass is 329 g/mol. The molecule has 3 fully saturated rings. The van der Waals surface area contributed by atoms with Crippen LogP contribution in [0.1, 0.15) is 30.5 Å². The topological polar surface area (TPSA) is 58.4 Å². The molecule has 4 heterocycles. The van der Waals surface area contributed by atoms with E-state index in [1.165, 1.54) is 12.3 Å². The first kappa shape index (κ1) is 15.3. The van der Waals surface area contributed by atoms with E-state index in [4.69, 9.17) is 4.42 Å². The fourth-order valence-corrected chi connectivity index (χ4v) is 3.85. The largest absolute Gasteiger partial charge is 0.432 e. The summed E-state index contributed by atoms with van der Waals surface area (Å²) < 4.78 is 19.3. The first-order chi connectivity index (χ1) is 11.6. The van der Waals surface area contributed by atoms with Crippen molar-refractivity contribution in [2.45, 2.75) is 31.8 Å². The number of carbonyl (C=O) groups excluding carboxylic acids is 1. The molecule has 4 atom stereocenters. The molecule has 1 N–H and O–H groups in total. The number of hydrogen-bond donors (Lipinski definition) is 1. The van der Waals surface area contributed by atoms with Gasteiger partial charge in [-0.05, 0) is 44.4 Å². The Balaban J connectivity index is 1.47. The molecule has 5 nitrogen and oxygen atoms in total. The van der Waals surface area contributed by atoms with E-state index in [9.17, 15) is 9.18 Å². The fraction of sp³-hybridized carbons (Fsp3) is 0.444. The van der Waals surface area contributed by atoms with E-state index < -0.39 is 5.82 Å². The molecule has 24 heavy (non-hydrogen) atoms. The zero-order chi connectivity index (χ0) is 16.7. The normalized spacial score (nSPS) is 28.8. The first-order valence-electron chi connectivity index (χ1n) is 8.37. The molecule has 0 radical (unpaired) electrons. The number of amides is 1. The predicted octanol–water partition coefficient (Wildman–Crippen LogP) is 2.69. The molecule has 2 bridgehead atoms. The van der Waals surface area contributed by atoms with E-state index >= 15 is 0 Å². The van der Waals surface area contributed by atoms with Crippen LogP contribution in [-0.4, -0.2) is 41.0 Å². The summed E-state index contributed by atoms with van der Waals surface area (Å²) in [7, 11) is 0. The smallest absolute Gasteiger partial charge is 0.307 e. The molecule has 3 aliphatic heterocycles. The van der Waals surface area contributed by atoms with Gasteiger partial charge in [-0.15, -0.1) is 0 Å². The number of rotatable bonds is 3. The highest BCUT2D eigenvalue weighted by atomic mass is 19.1. The van der Waals surface area contributed by atoms with Crippen LogP contribution in [-0.2, 0) is 0 Å². The van der Waals surface area contributed by atoms with Gasteiger partial charge in [-0.25, -0.2) is 9.37 Å². The average molecular weight is 329 g/mol. The molecule has 3 saturated heterocycles. The Labute approximate surface area is 139 Å². The molecule has 3 unspecified atom stereocenters. The first-order valence-corrected chi connectivity index (χ1v) is 8.37. The number of carbonyl (C=O) groups is 1. The maximum absolute atomic E-state index is 13.8. The summed E-state index contributed by atoms with van der Waals surface area (Å²) in [5.74, 6) is 0.0319. The molecule has 5 rings (SSSR count). The van der Waals surface area contributed by atoms with Gasteiger partial charge in [0.25, 0.3) is 5.89 Å². The third-order valence-electron chi connectivity index (χ3n) is 5.21. The van der Waals surface area contributed by atoms with Gasteiger partial charge in [-0.1, -0.05) is 12.1 Å². The summed E-state index contributed by atoms with van der Waals surface area (Å²) >= 11 is 0. The van der Waals surface area contributed by atoms with Gasteiger partial charge in [-0.2, -0.15) is 0 Å². The summed E-state index contributed by atoms with van der Waals surface area (Å²) in [5.41, 5.74) is 0.306. The molecule has 1 amide bonds. The SMILES string of the molecule is CC1CC2CCN1C[C@@H]2NC(=O)c1ncc(-c2ccccc2F)o1. The van der Waals surface area contributed by atoms with Crippen molar-refractivity contribution >= 4 is 5.91 Å². The molecular weight excluding hydrogens is 309 g/mol. The van der Waals surface area contributed by atoms with Gasteiger partial charge < -0.3 is 9.73 Å². The van der Waals surface area contributed by atoms with Crippen molar-refractivity contribution in [1.82, 2.24) is 15.2 Å². The van der Waals surface area contributed by atoms with Crippen LogP contribution in [0.2, 0.25) is 0 Å². The van der Waals surface area contributed by atoms with Crippen LogP contribution in [0.25, 0.3) is 11.3 Å². The number of aromatic nitrogens is 1. The highest BCUT2D eigenvalue weighted by molar-refractivity contribution is 5.90. The van der Waals surface area contributed by atoms with Gasteiger partial charge in [0.05, 0.1) is 11.8 Å². The van der Waals surface area contributed by atoms with E-state index in [1.54, 1.807) is 18.2 Å².